The molecule has 0 aromatic rings. The molecule has 6 heteroatoms. The lowest BCUT2D eigenvalue weighted by Crippen LogP contribution is -2.30. The van der Waals surface area contributed by atoms with Crippen LogP contribution in [0.4, 0.5) is 0 Å². The summed E-state index contributed by atoms with van der Waals surface area (Å²) in [5, 5.41) is 0. The maximum Gasteiger partial charge on any atom is 0.306 e. The Morgan fingerprint density at radius 2 is 0.500 bits per heavy atom. The lowest BCUT2D eigenvalue weighted by molar-refractivity contribution is -0.167. The molecule has 1 atom stereocenters. The van der Waals surface area contributed by atoms with Crippen molar-refractivity contribution in [1.29, 1.82) is 0 Å². The van der Waals surface area contributed by atoms with Gasteiger partial charge in [0, 0.05) is 19.3 Å². The zero-order valence-corrected chi connectivity index (χ0v) is 51.7. The smallest absolute Gasteiger partial charge is 0.306 e. The first kappa shape index (κ1) is 74.6. The molecular weight excluding hydrogens is 961 g/mol. The first-order chi connectivity index (χ1) is 38.5. The van der Waals surface area contributed by atoms with Crippen molar-refractivity contribution in [3.63, 3.8) is 0 Å². The highest BCUT2D eigenvalue weighted by atomic mass is 16.6. The molecule has 0 bridgehead atoms. The normalized spacial score (nSPS) is 12.6. The summed E-state index contributed by atoms with van der Waals surface area (Å²) in [7, 11) is 0. The molecule has 0 heterocycles. The molecule has 0 aromatic carbocycles. The van der Waals surface area contributed by atoms with Gasteiger partial charge in [-0.3, -0.25) is 14.4 Å². The Morgan fingerprint density at radius 3 is 0.782 bits per heavy atom. The lowest BCUT2D eigenvalue weighted by atomic mass is 10.0. The van der Waals surface area contributed by atoms with Crippen LogP contribution in [0.1, 0.15) is 335 Å². The number of carbonyl (C=O) groups is 3. The zero-order chi connectivity index (χ0) is 56.4. The monoisotopic (exact) mass is 1090 g/mol. The van der Waals surface area contributed by atoms with E-state index in [1.807, 2.05) is 0 Å². The van der Waals surface area contributed by atoms with Crippen molar-refractivity contribution in [1.82, 2.24) is 0 Å². The number of allylic oxidation sites excluding steroid dienone is 14. The quantitative estimate of drug-likeness (QED) is 0.0261. The van der Waals surface area contributed by atoms with Gasteiger partial charge in [0.05, 0.1) is 0 Å². The van der Waals surface area contributed by atoms with E-state index in [4.69, 9.17) is 14.2 Å². The number of hydrogen-bond acceptors (Lipinski definition) is 6. The molecule has 0 saturated heterocycles. The zero-order valence-electron chi connectivity index (χ0n) is 51.7. The van der Waals surface area contributed by atoms with E-state index in [9.17, 15) is 14.4 Å². The van der Waals surface area contributed by atoms with Crippen molar-refractivity contribution in [2.24, 2.45) is 0 Å². The van der Waals surface area contributed by atoms with Gasteiger partial charge in [0.1, 0.15) is 13.2 Å². The Kier molecular flexibility index (Phi) is 63.2. The first-order valence-electron chi connectivity index (χ1n) is 33.6. The third-order valence-corrected chi connectivity index (χ3v) is 14.7. The summed E-state index contributed by atoms with van der Waals surface area (Å²) in [6, 6.07) is 0. The van der Waals surface area contributed by atoms with Crippen LogP contribution in [0, 0.1) is 0 Å². The van der Waals surface area contributed by atoms with E-state index in [2.05, 4.69) is 106 Å². The number of unbranched alkanes of at least 4 members (excludes halogenated alkanes) is 36. The first-order valence-corrected chi connectivity index (χ1v) is 33.6. The minimum atomic E-state index is -0.799. The molecule has 0 saturated carbocycles. The van der Waals surface area contributed by atoms with Crippen LogP contribution in [0.3, 0.4) is 0 Å². The third-order valence-electron chi connectivity index (χ3n) is 14.7. The molecule has 78 heavy (non-hydrogen) atoms. The summed E-state index contributed by atoms with van der Waals surface area (Å²) in [6.45, 7) is 6.53. The summed E-state index contributed by atoms with van der Waals surface area (Å²) in [4.78, 5) is 38.4. The highest BCUT2D eigenvalue weighted by molar-refractivity contribution is 5.71. The largest absolute Gasteiger partial charge is 0.462 e. The molecule has 1 unspecified atom stereocenters. The Bertz CT molecular complexity index is 1480. The Labute approximate surface area is 484 Å². The lowest BCUT2D eigenvalue weighted by Gasteiger charge is -2.18. The number of rotatable bonds is 61. The summed E-state index contributed by atoms with van der Waals surface area (Å²) in [6.07, 6.45) is 87.4. The van der Waals surface area contributed by atoms with Crippen LogP contribution in [0.2, 0.25) is 0 Å². The maximum absolute atomic E-state index is 12.9. The number of esters is 3. The number of carbonyl (C=O) groups excluding carboxylic acids is 3. The van der Waals surface area contributed by atoms with Crippen molar-refractivity contribution in [3.05, 3.63) is 85.1 Å². The van der Waals surface area contributed by atoms with Gasteiger partial charge in [-0.1, -0.05) is 331 Å². The van der Waals surface area contributed by atoms with Crippen molar-refractivity contribution in [2.45, 2.75) is 341 Å². The van der Waals surface area contributed by atoms with Crippen LogP contribution >= 0.6 is 0 Å². The fourth-order valence-corrected chi connectivity index (χ4v) is 9.67. The van der Waals surface area contributed by atoms with E-state index in [1.54, 1.807) is 0 Å². The predicted molar refractivity (Wildman–Crippen MR) is 339 cm³/mol. The molecule has 0 radical (unpaired) electrons. The predicted octanol–water partition coefficient (Wildman–Crippen LogP) is 23.1. The molecule has 0 aliphatic rings. The molecular formula is C72H126O6. The second-order valence-electron chi connectivity index (χ2n) is 22.4. The van der Waals surface area contributed by atoms with Crippen molar-refractivity contribution >= 4 is 17.9 Å². The Morgan fingerprint density at radius 1 is 0.269 bits per heavy atom. The fourth-order valence-electron chi connectivity index (χ4n) is 9.67. The van der Waals surface area contributed by atoms with E-state index in [0.29, 0.717) is 19.3 Å². The van der Waals surface area contributed by atoms with Crippen molar-refractivity contribution < 1.29 is 28.6 Å². The van der Waals surface area contributed by atoms with Crippen LogP contribution in [0.15, 0.2) is 85.1 Å². The van der Waals surface area contributed by atoms with Crippen molar-refractivity contribution in [3.8, 4) is 0 Å². The summed E-state index contributed by atoms with van der Waals surface area (Å²) in [5.74, 6) is -0.932. The topological polar surface area (TPSA) is 78.9 Å². The molecule has 0 spiro atoms. The van der Waals surface area contributed by atoms with E-state index >= 15 is 0 Å². The van der Waals surface area contributed by atoms with Gasteiger partial charge >= 0.3 is 17.9 Å². The van der Waals surface area contributed by atoms with E-state index in [1.165, 1.54) is 199 Å². The van der Waals surface area contributed by atoms with Crippen LogP contribution in [0.5, 0.6) is 0 Å². The van der Waals surface area contributed by atoms with Crippen LogP contribution in [0.25, 0.3) is 0 Å². The molecule has 6 nitrogen and oxygen atoms in total. The van der Waals surface area contributed by atoms with E-state index < -0.39 is 6.10 Å². The fraction of sp³-hybridized carbons (Fsp3) is 0.764. The van der Waals surface area contributed by atoms with E-state index in [0.717, 1.165) is 89.9 Å². The van der Waals surface area contributed by atoms with Gasteiger partial charge in [-0.15, -0.1) is 0 Å². The molecule has 0 fully saturated rings. The summed E-state index contributed by atoms with van der Waals surface area (Å²) in [5.41, 5.74) is 0. The molecule has 0 rings (SSSR count). The molecule has 0 aliphatic heterocycles. The second kappa shape index (κ2) is 66.1. The molecule has 0 aliphatic carbocycles. The van der Waals surface area contributed by atoms with Gasteiger partial charge < -0.3 is 14.2 Å². The minimum Gasteiger partial charge on any atom is -0.462 e. The SMILES string of the molecule is CC/C=C\C/C=C\C/C=C\C/C=C\C/C=C\C/C=C\C/C=C\CCCC(=O)OCC(COC(=O)CCCCCCCCCCCCCCCCCCC)OC(=O)CCCCCCCCCCCCCCCCCCCCCC. The van der Waals surface area contributed by atoms with Gasteiger partial charge in [-0.05, 0) is 70.6 Å². The highest BCUT2D eigenvalue weighted by Gasteiger charge is 2.19. The maximum atomic E-state index is 12.9. The molecule has 0 N–H and O–H groups in total. The van der Waals surface area contributed by atoms with Crippen molar-refractivity contribution in [2.75, 3.05) is 13.2 Å². The number of ether oxygens (including phenoxy) is 3. The minimum absolute atomic E-state index is 0.0899. The Hall–Kier alpha value is -3.41. The highest BCUT2D eigenvalue weighted by Crippen LogP contribution is 2.18. The second-order valence-corrected chi connectivity index (χ2v) is 22.4. The molecule has 450 valence electrons. The van der Waals surface area contributed by atoms with Crippen LogP contribution in [-0.4, -0.2) is 37.2 Å². The average molecular weight is 1090 g/mol. The molecule has 0 amide bonds. The summed E-state index contributed by atoms with van der Waals surface area (Å²) >= 11 is 0. The van der Waals surface area contributed by atoms with Crippen LogP contribution in [-0.2, 0) is 28.6 Å². The van der Waals surface area contributed by atoms with Gasteiger partial charge in [-0.25, -0.2) is 0 Å². The average Bonchev–Trinajstić information content (AvgIpc) is 3.44. The Balaban J connectivity index is 4.44. The van der Waals surface area contributed by atoms with Crippen LogP contribution < -0.4 is 0 Å². The number of hydrogen-bond donors (Lipinski definition) is 0. The third kappa shape index (κ3) is 63.4. The van der Waals surface area contributed by atoms with Gasteiger partial charge in [0.25, 0.3) is 0 Å². The van der Waals surface area contributed by atoms with Gasteiger partial charge in [0.2, 0.25) is 0 Å². The molecule has 0 aromatic heterocycles. The standard InChI is InChI=1S/C72H126O6/c1-4-7-10-13-16-19-22-25-28-31-33-35-36-37-39-41-44-47-50-53-56-59-62-65-71(74)77-68-69(67-76-70(73)64-61-58-55-52-49-46-43-40-30-27-24-21-18-15-12-9-6-3)78-72(75)66-63-60-57-54-51-48-45-42-38-34-32-29-26-23-20-17-14-11-8-5-2/h7,10,16,19,25,28,33,35,37,39,44,47,53,56,69H,4-6,8-9,11-15,17-18,20-24,26-27,29-32,34,36,38,40-43,45-46,48-52,54-55,57-68H2,1-3H3/b10-7-,19-16-,28-25-,35-33-,39-37-,47-44-,56-53-. The van der Waals surface area contributed by atoms with Gasteiger partial charge in [0.15, 0.2) is 6.10 Å². The summed E-state index contributed by atoms with van der Waals surface area (Å²) < 4.78 is 16.9. The van der Waals surface area contributed by atoms with E-state index in [-0.39, 0.29) is 37.5 Å². The van der Waals surface area contributed by atoms with Gasteiger partial charge in [-0.2, -0.15) is 0 Å².